The van der Waals surface area contributed by atoms with Crippen LogP contribution in [0.4, 0.5) is 0 Å². The first-order valence-electron chi connectivity index (χ1n) is 4.88. The molecule has 0 saturated heterocycles. The summed E-state index contributed by atoms with van der Waals surface area (Å²) in [5.74, 6) is 0.0446. The van der Waals surface area contributed by atoms with E-state index in [0.29, 0.717) is 12.8 Å². The smallest absolute Gasteiger partial charge is 0.220 e. The highest BCUT2D eigenvalue weighted by molar-refractivity contribution is 5.75. The molecule has 0 aliphatic heterocycles. The normalized spacial score (nSPS) is 8.79. The van der Waals surface area contributed by atoms with Crippen LogP contribution in [0.5, 0.6) is 0 Å². The fraction of sp³-hybridized carbons (Fsp3) is 0.417. The van der Waals surface area contributed by atoms with Crippen molar-refractivity contribution in [2.75, 3.05) is 7.05 Å². The minimum absolute atomic E-state index is 0.0446. The molecule has 0 saturated carbocycles. The van der Waals surface area contributed by atoms with E-state index in [-0.39, 0.29) is 5.91 Å². The van der Waals surface area contributed by atoms with Crippen LogP contribution >= 0.6 is 0 Å². The van der Waals surface area contributed by atoms with Gasteiger partial charge < -0.3 is 5.32 Å². The van der Waals surface area contributed by atoms with Crippen LogP contribution in [0.3, 0.4) is 0 Å². The number of hydrogen-bond acceptors (Lipinski definition) is 1. The number of carbonyl (C=O) groups is 1. The number of carbonyl (C=O) groups excluding carboxylic acids is 1. The summed E-state index contributed by atoms with van der Waals surface area (Å²) in [4.78, 5) is 10.8. The van der Waals surface area contributed by atoms with Gasteiger partial charge in [0.2, 0.25) is 5.91 Å². The van der Waals surface area contributed by atoms with E-state index in [0.717, 1.165) is 5.57 Å². The molecule has 0 heterocycles. The molecule has 0 aliphatic carbocycles. The third-order valence-corrected chi connectivity index (χ3v) is 1.42. The minimum atomic E-state index is 0.0446. The van der Waals surface area contributed by atoms with Crippen molar-refractivity contribution in [1.29, 1.82) is 0 Å². The van der Waals surface area contributed by atoms with Crippen LogP contribution in [0.1, 0.15) is 26.7 Å². The van der Waals surface area contributed by atoms with Gasteiger partial charge in [0, 0.05) is 13.5 Å². The quantitative estimate of drug-likeness (QED) is 0.671. The number of amides is 1. The SMILES string of the molecule is C=C/C=C\C(=C)CCC(=O)NC.CC. The lowest BCUT2D eigenvalue weighted by Gasteiger charge is -1.98. The topological polar surface area (TPSA) is 29.1 Å². The van der Waals surface area contributed by atoms with Gasteiger partial charge in [-0.25, -0.2) is 0 Å². The van der Waals surface area contributed by atoms with E-state index in [1.165, 1.54) is 0 Å². The van der Waals surface area contributed by atoms with Crippen LogP contribution in [0, 0.1) is 0 Å². The Bertz CT molecular complexity index is 204. The van der Waals surface area contributed by atoms with E-state index in [2.05, 4.69) is 18.5 Å². The average molecular weight is 195 g/mol. The first-order valence-corrected chi connectivity index (χ1v) is 4.88. The lowest BCUT2D eigenvalue weighted by atomic mass is 10.1. The maximum absolute atomic E-state index is 10.8. The molecule has 0 radical (unpaired) electrons. The van der Waals surface area contributed by atoms with E-state index in [9.17, 15) is 4.79 Å². The monoisotopic (exact) mass is 195 g/mol. The molecule has 0 aromatic heterocycles. The Morgan fingerprint density at radius 1 is 1.36 bits per heavy atom. The van der Waals surface area contributed by atoms with Crippen LogP contribution in [-0.4, -0.2) is 13.0 Å². The zero-order valence-corrected chi connectivity index (χ0v) is 9.47. The lowest BCUT2D eigenvalue weighted by molar-refractivity contribution is -0.120. The van der Waals surface area contributed by atoms with Gasteiger partial charge in [0.05, 0.1) is 0 Å². The molecule has 0 rings (SSSR count). The van der Waals surface area contributed by atoms with Gasteiger partial charge in [0.25, 0.3) is 0 Å². The Balaban J connectivity index is 0. The summed E-state index contributed by atoms with van der Waals surface area (Å²) >= 11 is 0. The first-order chi connectivity index (χ1) is 6.70. The second-order valence-electron chi connectivity index (χ2n) is 2.43. The Morgan fingerprint density at radius 3 is 2.36 bits per heavy atom. The molecule has 14 heavy (non-hydrogen) atoms. The highest BCUT2D eigenvalue weighted by Crippen LogP contribution is 2.03. The van der Waals surface area contributed by atoms with Gasteiger partial charge in [0.15, 0.2) is 0 Å². The molecule has 0 aromatic carbocycles. The molecule has 2 heteroatoms. The summed E-state index contributed by atoms with van der Waals surface area (Å²) in [5.41, 5.74) is 0.943. The van der Waals surface area contributed by atoms with Gasteiger partial charge in [-0.1, -0.05) is 50.8 Å². The maximum atomic E-state index is 10.8. The van der Waals surface area contributed by atoms with Crippen LogP contribution in [0.15, 0.2) is 37.0 Å². The molecule has 0 unspecified atom stereocenters. The Hall–Kier alpha value is -1.31. The van der Waals surface area contributed by atoms with E-state index in [1.807, 2.05) is 26.0 Å². The standard InChI is InChI=1S/C10H15NO.C2H6/c1-4-5-6-9(2)7-8-10(12)11-3;1-2/h4-6H,1-2,7-8H2,3H3,(H,11,12);1-2H3/b6-5-;. The zero-order valence-electron chi connectivity index (χ0n) is 9.47. The van der Waals surface area contributed by atoms with Gasteiger partial charge >= 0.3 is 0 Å². The maximum Gasteiger partial charge on any atom is 0.220 e. The molecular weight excluding hydrogens is 174 g/mol. The Morgan fingerprint density at radius 2 is 1.93 bits per heavy atom. The van der Waals surface area contributed by atoms with Crippen molar-refractivity contribution in [3.63, 3.8) is 0 Å². The predicted octanol–water partition coefficient (Wildman–Crippen LogP) is 2.84. The van der Waals surface area contributed by atoms with Crippen LogP contribution < -0.4 is 5.32 Å². The Kier molecular flexibility index (Phi) is 12.7. The fourth-order valence-electron chi connectivity index (χ4n) is 0.687. The highest BCUT2D eigenvalue weighted by atomic mass is 16.1. The lowest BCUT2D eigenvalue weighted by Crippen LogP contribution is -2.16. The van der Waals surface area contributed by atoms with Crippen molar-refractivity contribution in [2.45, 2.75) is 26.7 Å². The van der Waals surface area contributed by atoms with E-state index in [4.69, 9.17) is 0 Å². The van der Waals surface area contributed by atoms with E-state index in [1.54, 1.807) is 13.1 Å². The summed E-state index contributed by atoms with van der Waals surface area (Å²) in [6, 6.07) is 0. The largest absolute Gasteiger partial charge is 0.359 e. The van der Waals surface area contributed by atoms with Crippen LogP contribution in [0.25, 0.3) is 0 Å². The Labute approximate surface area is 87.4 Å². The highest BCUT2D eigenvalue weighted by Gasteiger charge is 1.96. The van der Waals surface area contributed by atoms with Crippen LogP contribution in [-0.2, 0) is 4.79 Å². The second kappa shape index (κ2) is 11.7. The average Bonchev–Trinajstić information content (AvgIpc) is 2.25. The van der Waals surface area contributed by atoms with E-state index < -0.39 is 0 Å². The van der Waals surface area contributed by atoms with Crippen molar-refractivity contribution < 1.29 is 4.79 Å². The van der Waals surface area contributed by atoms with Gasteiger partial charge in [-0.15, -0.1) is 0 Å². The predicted molar refractivity (Wildman–Crippen MR) is 63.1 cm³/mol. The van der Waals surface area contributed by atoms with Gasteiger partial charge in [-0.3, -0.25) is 4.79 Å². The zero-order chi connectivity index (χ0) is 11.4. The van der Waals surface area contributed by atoms with Crippen molar-refractivity contribution in [3.8, 4) is 0 Å². The van der Waals surface area contributed by atoms with Gasteiger partial charge in [-0.2, -0.15) is 0 Å². The van der Waals surface area contributed by atoms with Crippen molar-refractivity contribution in [2.24, 2.45) is 0 Å². The third kappa shape index (κ3) is 10.7. The molecule has 2 nitrogen and oxygen atoms in total. The summed E-state index contributed by atoms with van der Waals surface area (Å²) < 4.78 is 0. The molecule has 0 spiro atoms. The number of rotatable bonds is 5. The second-order valence-corrected chi connectivity index (χ2v) is 2.43. The fourth-order valence-corrected chi connectivity index (χ4v) is 0.687. The molecule has 1 amide bonds. The molecule has 0 fully saturated rings. The summed E-state index contributed by atoms with van der Waals surface area (Å²) in [6.45, 7) is 11.3. The van der Waals surface area contributed by atoms with Gasteiger partial charge in [-0.05, 0) is 6.42 Å². The molecule has 1 N–H and O–H groups in total. The van der Waals surface area contributed by atoms with Crippen molar-refractivity contribution >= 4 is 5.91 Å². The molecule has 0 aromatic rings. The summed E-state index contributed by atoms with van der Waals surface area (Å²) in [6.07, 6.45) is 6.55. The van der Waals surface area contributed by atoms with Crippen molar-refractivity contribution in [3.05, 3.63) is 37.0 Å². The molecular formula is C12H21NO. The molecule has 0 aliphatic rings. The van der Waals surface area contributed by atoms with Gasteiger partial charge in [0.1, 0.15) is 0 Å². The third-order valence-electron chi connectivity index (χ3n) is 1.42. The first kappa shape index (κ1) is 15.2. The number of allylic oxidation sites excluding steroid dienone is 4. The van der Waals surface area contributed by atoms with Crippen LogP contribution in [0.2, 0.25) is 0 Å². The molecule has 80 valence electrons. The number of nitrogens with one attached hydrogen (secondary N) is 1. The number of hydrogen-bond donors (Lipinski definition) is 1. The molecule has 0 atom stereocenters. The van der Waals surface area contributed by atoms with Crippen molar-refractivity contribution in [1.82, 2.24) is 5.32 Å². The summed E-state index contributed by atoms with van der Waals surface area (Å²) in [7, 11) is 1.63. The molecule has 0 bridgehead atoms. The summed E-state index contributed by atoms with van der Waals surface area (Å²) in [5, 5.41) is 2.55. The minimum Gasteiger partial charge on any atom is -0.359 e. The van der Waals surface area contributed by atoms with E-state index >= 15 is 0 Å².